The lowest BCUT2D eigenvalue weighted by molar-refractivity contribution is -0.0498. The van der Waals surface area contributed by atoms with Crippen molar-refractivity contribution < 1.29 is 27.8 Å². The number of rotatable bonds is 9. The van der Waals surface area contributed by atoms with Crippen LogP contribution >= 0.6 is 0 Å². The number of hydrogen-bond acceptors (Lipinski definition) is 4. The molecule has 0 saturated carbocycles. The van der Waals surface area contributed by atoms with Gasteiger partial charge in [0, 0.05) is 12.1 Å². The van der Waals surface area contributed by atoms with Gasteiger partial charge in [0.15, 0.2) is 0 Å². The van der Waals surface area contributed by atoms with Crippen LogP contribution in [0.5, 0.6) is 11.5 Å². The van der Waals surface area contributed by atoms with E-state index in [0.717, 1.165) is 11.1 Å². The summed E-state index contributed by atoms with van der Waals surface area (Å²) in [5.41, 5.74) is 7.53. The highest BCUT2D eigenvalue weighted by Crippen LogP contribution is 2.19. The van der Waals surface area contributed by atoms with E-state index >= 15 is 0 Å². The molecule has 0 aliphatic heterocycles. The minimum absolute atomic E-state index is 0.0516. The Labute approximate surface area is 177 Å². The highest BCUT2D eigenvalue weighted by molar-refractivity contribution is 5.95. The molecule has 160 valence electrons. The summed E-state index contributed by atoms with van der Waals surface area (Å²) in [6, 6.07) is 19.5. The molecule has 3 rings (SSSR count). The Bertz CT molecular complexity index is 1060. The van der Waals surface area contributed by atoms with Crippen molar-refractivity contribution in [3.05, 3.63) is 95.1 Å². The van der Waals surface area contributed by atoms with Crippen LogP contribution in [-0.2, 0) is 13.2 Å². The molecule has 0 aliphatic rings. The average Bonchev–Trinajstić information content (AvgIpc) is 2.77. The number of amides is 2. The van der Waals surface area contributed by atoms with Crippen molar-refractivity contribution >= 4 is 11.8 Å². The van der Waals surface area contributed by atoms with E-state index in [9.17, 15) is 18.4 Å². The van der Waals surface area contributed by atoms with Crippen molar-refractivity contribution in [1.29, 1.82) is 0 Å². The Morgan fingerprint density at radius 2 is 1.68 bits per heavy atom. The number of nitrogens with two attached hydrogens (primary N) is 1. The highest BCUT2D eigenvalue weighted by Gasteiger charge is 2.10. The number of halogens is 2. The van der Waals surface area contributed by atoms with Gasteiger partial charge in [-0.3, -0.25) is 9.59 Å². The summed E-state index contributed by atoms with van der Waals surface area (Å²) in [6.45, 7) is -2.51. The lowest BCUT2D eigenvalue weighted by atomic mass is 10.1. The fourth-order valence-corrected chi connectivity index (χ4v) is 2.83. The van der Waals surface area contributed by atoms with E-state index in [1.807, 2.05) is 0 Å². The van der Waals surface area contributed by atoms with Crippen LogP contribution in [0.25, 0.3) is 0 Å². The molecule has 3 aromatic carbocycles. The van der Waals surface area contributed by atoms with Gasteiger partial charge >= 0.3 is 6.61 Å². The molecular weight excluding hydrogens is 406 g/mol. The van der Waals surface area contributed by atoms with E-state index in [4.69, 9.17) is 10.5 Å². The molecule has 0 fully saturated rings. The number of alkyl halides is 2. The Morgan fingerprint density at radius 1 is 0.935 bits per heavy atom. The van der Waals surface area contributed by atoms with Gasteiger partial charge in [-0.1, -0.05) is 36.4 Å². The number of primary amides is 1. The molecule has 0 atom stereocenters. The zero-order valence-electron chi connectivity index (χ0n) is 16.4. The number of carbonyl (C=O) groups excluding carboxylic acids is 2. The summed E-state index contributed by atoms with van der Waals surface area (Å²) in [6.07, 6.45) is 0. The van der Waals surface area contributed by atoms with E-state index in [1.54, 1.807) is 60.7 Å². The predicted octanol–water partition coefficient (Wildman–Crippen LogP) is 3.90. The summed E-state index contributed by atoms with van der Waals surface area (Å²) in [7, 11) is 0. The minimum atomic E-state index is -2.88. The van der Waals surface area contributed by atoms with E-state index < -0.39 is 12.5 Å². The molecule has 0 aromatic heterocycles. The first-order chi connectivity index (χ1) is 14.9. The average molecular weight is 426 g/mol. The number of para-hydroxylation sites is 1. The maximum atomic E-state index is 12.5. The third kappa shape index (κ3) is 6.27. The lowest BCUT2D eigenvalue weighted by Crippen LogP contribution is -2.22. The number of hydrogen-bond donors (Lipinski definition) is 2. The van der Waals surface area contributed by atoms with Crippen LogP contribution in [0.4, 0.5) is 8.78 Å². The summed E-state index contributed by atoms with van der Waals surface area (Å²) >= 11 is 0. The minimum Gasteiger partial charge on any atom is -0.488 e. The first-order valence-corrected chi connectivity index (χ1v) is 9.35. The van der Waals surface area contributed by atoms with Gasteiger partial charge in [-0.05, 0) is 47.5 Å². The van der Waals surface area contributed by atoms with Crippen molar-refractivity contribution in [3.8, 4) is 11.5 Å². The zero-order valence-corrected chi connectivity index (χ0v) is 16.4. The standard InChI is InChI=1S/C23H20F2N2O4/c24-23(25)31-18-10-8-15(9-11-18)13-27-22(29)17-5-3-4-16(12-17)14-30-20-7-2-1-6-19(20)21(26)28/h1-12,23H,13-14H2,(H2,26,28)(H,27,29). The summed E-state index contributed by atoms with van der Waals surface area (Å²) in [4.78, 5) is 23.9. The summed E-state index contributed by atoms with van der Waals surface area (Å²) < 4.78 is 34.4. The molecule has 6 nitrogen and oxygen atoms in total. The molecule has 0 spiro atoms. The molecule has 0 heterocycles. The molecule has 0 unspecified atom stereocenters. The van der Waals surface area contributed by atoms with Gasteiger partial charge in [-0.2, -0.15) is 8.78 Å². The largest absolute Gasteiger partial charge is 0.488 e. The summed E-state index contributed by atoms with van der Waals surface area (Å²) in [5, 5.41) is 2.77. The number of nitrogens with one attached hydrogen (secondary N) is 1. The van der Waals surface area contributed by atoms with Gasteiger partial charge in [-0.15, -0.1) is 0 Å². The van der Waals surface area contributed by atoms with Gasteiger partial charge in [0.05, 0.1) is 5.56 Å². The Hall–Kier alpha value is -3.94. The van der Waals surface area contributed by atoms with Crippen LogP contribution in [0.1, 0.15) is 31.8 Å². The van der Waals surface area contributed by atoms with Gasteiger partial charge in [0.2, 0.25) is 0 Å². The van der Waals surface area contributed by atoms with Crippen molar-refractivity contribution in [1.82, 2.24) is 5.32 Å². The predicted molar refractivity (Wildman–Crippen MR) is 110 cm³/mol. The maximum Gasteiger partial charge on any atom is 0.387 e. The molecule has 0 aliphatic carbocycles. The second-order valence-corrected chi connectivity index (χ2v) is 6.55. The molecule has 0 saturated heterocycles. The Kier molecular flexibility index (Phi) is 7.16. The van der Waals surface area contributed by atoms with Gasteiger partial charge in [0.1, 0.15) is 18.1 Å². The SMILES string of the molecule is NC(=O)c1ccccc1OCc1cccc(C(=O)NCc2ccc(OC(F)F)cc2)c1. The monoisotopic (exact) mass is 426 g/mol. The van der Waals surface area contributed by atoms with E-state index in [-0.39, 0.29) is 30.4 Å². The Morgan fingerprint density at radius 3 is 2.39 bits per heavy atom. The normalized spacial score (nSPS) is 10.5. The second-order valence-electron chi connectivity index (χ2n) is 6.55. The lowest BCUT2D eigenvalue weighted by Gasteiger charge is -2.11. The zero-order chi connectivity index (χ0) is 22.2. The van der Waals surface area contributed by atoms with Crippen LogP contribution in [0.3, 0.4) is 0 Å². The van der Waals surface area contributed by atoms with Crippen molar-refractivity contribution in [2.75, 3.05) is 0 Å². The third-order valence-electron chi connectivity index (χ3n) is 4.34. The van der Waals surface area contributed by atoms with Crippen molar-refractivity contribution in [2.24, 2.45) is 5.73 Å². The van der Waals surface area contributed by atoms with Gasteiger partial charge in [0.25, 0.3) is 11.8 Å². The highest BCUT2D eigenvalue weighted by atomic mass is 19.3. The molecule has 3 N–H and O–H groups in total. The van der Waals surface area contributed by atoms with Gasteiger partial charge in [-0.25, -0.2) is 0 Å². The van der Waals surface area contributed by atoms with Crippen LogP contribution < -0.4 is 20.5 Å². The molecular formula is C23H20F2N2O4. The molecule has 0 bridgehead atoms. The van der Waals surface area contributed by atoms with Crippen LogP contribution in [0.15, 0.2) is 72.8 Å². The van der Waals surface area contributed by atoms with Gasteiger partial charge < -0.3 is 20.5 Å². The topological polar surface area (TPSA) is 90.7 Å². The molecule has 2 amide bonds. The Balaban J connectivity index is 1.58. The number of carbonyl (C=O) groups is 2. The molecule has 0 radical (unpaired) electrons. The van der Waals surface area contributed by atoms with Crippen LogP contribution in [-0.4, -0.2) is 18.4 Å². The molecule has 8 heteroatoms. The fraction of sp³-hybridized carbons (Fsp3) is 0.130. The first kappa shape index (κ1) is 21.8. The third-order valence-corrected chi connectivity index (χ3v) is 4.34. The number of benzene rings is 3. The maximum absolute atomic E-state index is 12.5. The van der Waals surface area contributed by atoms with Crippen LogP contribution in [0.2, 0.25) is 0 Å². The fourth-order valence-electron chi connectivity index (χ4n) is 2.83. The molecule has 31 heavy (non-hydrogen) atoms. The van der Waals surface area contributed by atoms with Crippen LogP contribution in [0, 0.1) is 0 Å². The molecule has 3 aromatic rings. The van der Waals surface area contributed by atoms with E-state index in [1.165, 1.54) is 12.1 Å². The quantitative estimate of drug-likeness (QED) is 0.543. The second kappa shape index (κ2) is 10.2. The van der Waals surface area contributed by atoms with E-state index in [2.05, 4.69) is 10.1 Å². The van der Waals surface area contributed by atoms with Crippen molar-refractivity contribution in [3.63, 3.8) is 0 Å². The number of ether oxygens (including phenoxy) is 2. The summed E-state index contributed by atoms with van der Waals surface area (Å²) in [5.74, 6) is -0.468. The van der Waals surface area contributed by atoms with Crippen molar-refractivity contribution in [2.45, 2.75) is 19.8 Å². The first-order valence-electron chi connectivity index (χ1n) is 9.35. The van der Waals surface area contributed by atoms with E-state index in [0.29, 0.717) is 11.3 Å². The smallest absolute Gasteiger partial charge is 0.387 e.